The van der Waals surface area contributed by atoms with Crippen LogP contribution >= 0.6 is 0 Å². The molecule has 8 nitrogen and oxygen atoms in total. The first kappa shape index (κ1) is 23.5. The van der Waals surface area contributed by atoms with Crippen LogP contribution in [-0.4, -0.2) is 61.0 Å². The van der Waals surface area contributed by atoms with Crippen molar-refractivity contribution >= 4 is 17.9 Å². The molecule has 0 bridgehead atoms. The molecule has 1 aliphatic heterocycles. The highest BCUT2D eigenvalue weighted by atomic mass is 19.4. The van der Waals surface area contributed by atoms with Gasteiger partial charge in [0.05, 0.1) is 25.0 Å². The van der Waals surface area contributed by atoms with E-state index in [1.54, 1.807) is 7.05 Å². The first-order chi connectivity index (χ1) is 15.4. The number of carbonyl (C=O) groups excluding carboxylic acids is 1. The van der Waals surface area contributed by atoms with Gasteiger partial charge in [-0.05, 0) is 11.1 Å². The minimum atomic E-state index is -4.74. The van der Waals surface area contributed by atoms with E-state index in [9.17, 15) is 18.0 Å². The van der Waals surface area contributed by atoms with Crippen LogP contribution < -0.4 is 15.0 Å². The number of nitrogens with zero attached hydrogens (tertiary/aromatic N) is 4. The molecular weight excluding hydrogens is 427 g/mol. The maximum absolute atomic E-state index is 12.1. The van der Waals surface area contributed by atoms with Gasteiger partial charge in [0.1, 0.15) is 6.61 Å². The molecule has 2 heterocycles. The molecule has 0 saturated carbocycles. The number of hydrogen-bond donors (Lipinski definition) is 1. The van der Waals surface area contributed by atoms with E-state index >= 15 is 0 Å². The highest BCUT2D eigenvalue weighted by Gasteiger charge is 2.28. The maximum atomic E-state index is 12.1. The van der Waals surface area contributed by atoms with E-state index < -0.39 is 19.6 Å². The lowest BCUT2D eigenvalue weighted by atomic mass is 10.1. The molecule has 0 unspecified atom stereocenters. The standard InChI is InChI=1S/C21H24F3N5O3/c1-25-18-12-26-20(31-10-11-32-21(22,23)24)27-19(18)29(15-30)14-17-6-4-16(5-7-17)13-28-8-2-3-9-28/h2-7,12,15,25H,8-11,13-14H2,1H3. The molecular formula is C21H24F3N5O3. The second-order valence-corrected chi connectivity index (χ2v) is 7.00. The highest BCUT2D eigenvalue weighted by Crippen LogP contribution is 2.25. The van der Waals surface area contributed by atoms with Crippen LogP contribution in [0.1, 0.15) is 11.1 Å². The lowest BCUT2D eigenvalue weighted by molar-refractivity contribution is -0.325. The number of aromatic nitrogens is 2. The van der Waals surface area contributed by atoms with Gasteiger partial charge in [0.25, 0.3) is 0 Å². The van der Waals surface area contributed by atoms with E-state index in [2.05, 4.69) is 37.1 Å². The normalized spacial score (nSPS) is 13.9. The second-order valence-electron chi connectivity index (χ2n) is 7.00. The van der Waals surface area contributed by atoms with Crippen molar-refractivity contribution in [2.75, 3.05) is 43.6 Å². The Morgan fingerprint density at radius 3 is 2.47 bits per heavy atom. The fourth-order valence-electron chi connectivity index (χ4n) is 3.13. The largest absolute Gasteiger partial charge is 0.522 e. The molecule has 1 aromatic carbocycles. The number of rotatable bonds is 11. The van der Waals surface area contributed by atoms with Crippen molar-refractivity contribution in [2.45, 2.75) is 19.5 Å². The number of ether oxygens (including phenoxy) is 2. The minimum absolute atomic E-state index is 0.161. The van der Waals surface area contributed by atoms with Crippen LogP contribution in [0.15, 0.2) is 42.6 Å². The molecule has 32 heavy (non-hydrogen) atoms. The highest BCUT2D eigenvalue weighted by molar-refractivity contribution is 5.80. The van der Waals surface area contributed by atoms with Gasteiger partial charge >= 0.3 is 12.4 Å². The van der Waals surface area contributed by atoms with Crippen LogP contribution in [0.25, 0.3) is 0 Å². The van der Waals surface area contributed by atoms with Crippen LogP contribution in [0.2, 0.25) is 0 Å². The van der Waals surface area contributed by atoms with Crippen molar-refractivity contribution in [3.63, 3.8) is 0 Å². The van der Waals surface area contributed by atoms with Crippen molar-refractivity contribution in [3.05, 3.63) is 53.7 Å². The summed E-state index contributed by atoms with van der Waals surface area (Å²) in [6.07, 6.45) is 1.56. The number of halogens is 3. The van der Waals surface area contributed by atoms with Gasteiger partial charge in [0.2, 0.25) is 6.41 Å². The first-order valence-electron chi connectivity index (χ1n) is 9.93. The number of alkyl halides is 3. The van der Waals surface area contributed by atoms with Gasteiger partial charge in [-0.3, -0.25) is 19.3 Å². The predicted octanol–water partition coefficient (Wildman–Crippen LogP) is 2.97. The van der Waals surface area contributed by atoms with Gasteiger partial charge in [0, 0.05) is 26.7 Å². The zero-order valence-corrected chi connectivity index (χ0v) is 17.5. The summed E-state index contributed by atoms with van der Waals surface area (Å²) in [4.78, 5) is 23.6. The summed E-state index contributed by atoms with van der Waals surface area (Å²) < 4.78 is 45.0. The SMILES string of the molecule is CNc1cnc(OCCOC(F)(F)F)nc1N(C=O)Cc1ccc(CN2CC=CC2)cc1. The van der Waals surface area contributed by atoms with Crippen molar-refractivity contribution in [3.8, 4) is 6.01 Å². The fraction of sp³-hybridized carbons (Fsp3) is 0.381. The second kappa shape index (κ2) is 10.9. The summed E-state index contributed by atoms with van der Waals surface area (Å²) >= 11 is 0. The minimum Gasteiger partial charge on any atom is -0.461 e. The fourth-order valence-corrected chi connectivity index (χ4v) is 3.13. The Morgan fingerprint density at radius 2 is 1.84 bits per heavy atom. The lowest BCUT2D eigenvalue weighted by Gasteiger charge is -2.20. The Balaban J connectivity index is 1.65. The molecule has 1 amide bonds. The molecule has 1 aromatic heterocycles. The van der Waals surface area contributed by atoms with Crippen molar-refractivity contribution in [1.82, 2.24) is 14.9 Å². The Kier molecular flexibility index (Phi) is 8.01. The summed E-state index contributed by atoms with van der Waals surface area (Å²) in [7, 11) is 1.64. The predicted molar refractivity (Wildman–Crippen MR) is 112 cm³/mol. The quantitative estimate of drug-likeness (QED) is 0.320. The Morgan fingerprint density at radius 1 is 1.16 bits per heavy atom. The summed E-state index contributed by atoms with van der Waals surface area (Å²) in [6, 6.07) is 7.77. The molecule has 1 N–H and O–H groups in total. The maximum Gasteiger partial charge on any atom is 0.522 e. The van der Waals surface area contributed by atoms with Gasteiger partial charge in [-0.15, -0.1) is 13.2 Å². The summed E-state index contributed by atoms with van der Waals surface area (Å²) in [6.45, 7) is 1.87. The van der Waals surface area contributed by atoms with E-state index in [-0.39, 0.29) is 18.4 Å². The number of hydrogen-bond acceptors (Lipinski definition) is 7. The van der Waals surface area contributed by atoms with Crippen molar-refractivity contribution in [2.24, 2.45) is 0 Å². The van der Waals surface area contributed by atoms with Crippen LogP contribution in [0, 0.1) is 0 Å². The van der Waals surface area contributed by atoms with Crippen molar-refractivity contribution < 1.29 is 27.4 Å². The average molecular weight is 451 g/mol. The molecule has 0 saturated heterocycles. The van der Waals surface area contributed by atoms with Gasteiger partial charge in [-0.2, -0.15) is 4.98 Å². The number of carbonyl (C=O) groups is 1. The first-order valence-corrected chi connectivity index (χ1v) is 9.93. The molecule has 1 aliphatic rings. The van der Waals surface area contributed by atoms with E-state index in [1.165, 1.54) is 16.7 Å². The van der Waals surface area contributed by atoms with E-state index in [4.69, 9.17) is 4.74 Å². The summed E-state index contributed by atoms with van der Waals surface area (Å²) in [5, 5.41) is 2.89. The van der Waals surface area contributed by atoms with Crippen LogP contribution in [0.3, 0.4) is 0 Å². The molecule has 3 rings (SSSR count). The molecule has 2 aromatic rings. The zero-order chi connectivity index (χ0) is 23.0. The third kappa shape index (κ3) is 6.92. The molecule has 0 aliphatic carbocycles. The number of benzene rings is 1. The number of nitrogens with one attached hydrogen (secondary N) is 1. The summed E-state index contributed by atoms with van der Waals surface area (Å²) in [5.41, 5.74) is 2.53. The van der Waals surface area contributed by atoms with E-state index in [0.29, 0.717) is 12.1 Å². The number of amides is 1. The Bertz CT molecular complexity index is 914. The third-order valence-electron chi connectivity index (χ3n) is 4.67. The Hall–Kier alpha value is -3.18. The molecule has 11 heteroatoms. The molecule has 0 fully saturated rings. The third-order valence-corrected chi connectivity index (χ3v) is 4.67. The van der Waals surface area contributed by atoms with Crippen molar-refractivity contribution in [1.29, 1.82) is 0 Å². The van der Waals surface area contributed by atoms with Crippen LogP contribution in [0.4, 0.5) is 24.7 Å². The Labute approximate surface area is 183 Å². The summed E-state index contributed by atoms with van der Waals surface area (Å²) in [5.74, 6) is 0.247. The van der Waals surface area contributed by atoms with Gasteiger partial charge in [0.15, 0.2) is 5.82 Å². The monoisotopic (exact) mass is 451 g/mol. The van der Waals surface area contributed by atoms with Gasteiger partial charge in [-0.1, -0.05) is 36.4 Å². The molecule has 0 radical (unpaired) electrons. The topological polar surface area (TPSA) is 79.8 Å². The molecule has 0 spiro atoms. The zero-order valence-electron chi connectivity index (χ0n) is 17.5. The van der Waals surface area contributed by atoms with Crippen LogP contribution in [0.5, 0.6) is 6.01 Å². The van der Waals surface area contributed by atoms with E-state index in [1.807, 2.05) is 24.3 Å². The smallest absolute Gasteiger partial charge is 0.461 e. The van der Waals surface area contributed by atoms with Crippen LogP contribution in [-0.2, 0) is 22.6 Å². The van der Waals surface area contributed by atoms with Gasteiger partial charge in [-0.25, -0.2) is 4.98 Å². The lowest BCUT2D eigenvalue weighted by Crippen LogP contribution is -2.24. The van der Waals surface area contributed by atoms with Gasteiger partial charge < -0.3 is 10.1 Å². The average Bonchev–Trinajstić information content (AvgIpc) is 3.28. The molecule has 0 atom stereocenters. The number of anilines is 2. The molecule has 172 valence electrons. The van der Waals surface area contributed by atoms with E-state index in [0.717, 1.165) is 25.2 Å².